The number of fused-ring (bicyclic) bond motifs is 1. The third-order valence-corrected chi connectivity index (χ3v) is 4.06. The minimum absolute atomic E-state index is 0.0991. The van der Waals surface area contributed by atoms with E-state index in [2.05, 4.69) is 15.4 Å². The van der Waals surface area contributed by atoms with Crippen LogP contribution in [0.4, 0.5) is 0 Å². The number of aromatic nitrogens is 2. The summed E-state index contributed by atoms with van der Waals surface area (Å²) in [6.45, 7) is 0.772. The van der Waals surface area contributed by atoms with E-state index in [4.69, 9.17) is 15.5 Å². The Morgan fingerprint density at radius 3 is 2.79 bits per heavy atom. The number of nitrogens with two attached hydrogens (primary N) is 1. The van der Waals surface area contributed by atoms with Crippen LogP contribution < -0.4 is 10.5 Å². The van der Waals surface area contributed by atoms with Gasteiger partial charge in [0.05, 0.1) is 24.5 Å². The smallest absolute Gasteiger partial charge is 0.137 e. The lowest BCUT2D eigenvalue weighted by atomic mass is 10.0. The number of likely N-dealkylation sites (N-methyl/N-ethyl adjacent to an activating group) is 1. The fourth-order valence-corrected chi connectivity index (χ4v) is 3.04. The van der Waals surface area contributed by atoms with Crippen LogP contribution in [-0.4, -0.2) is 42.0 Å². The minimum Gasteiger partial charge on any atom is -0.497 e. The average molecular weight is 324 g/mol. The van der Waals surface area contributed by atoms with Crippen LogP contribution in [0.2, 0.25) is 0 Å². The SMILES string of the molecule is COc1cccc(Cc2nc3ccccn3c2C(N)CN(C)C)c1. The van der Waals surface area contributed by atoms with Crippen LogP contribution in [0.5, 0.6) is 5.75 Å². The summed E-state index contributed by atoms with van der Waals surface area (Å²) in [5.74, 6) is 0.857. The highest BCUT2D eigenvalue weighted by Gasteiger charge is 2.19. The van der Waals surface area contributed by atoms with Gasteiger partial charge in [-0.05, 0) is 43.9 Å². The van der Waals surface area contributed by atoms with E-state index in [1.54, 1.807) is 7.11 Å². The number of hydrogen-bond donors (Lipinski definition) is 1. The molecule has 5 heteroatoms. The molecule has 0 spiro atoms. The maximum absolute atomic E-state index is 6.49. The second kappa shape index (κ2) is 7.03. The Kier molecular flexibility index (Phi) is 4.83. The van der Waals surface area contributed by atoms with Crippen molar-refractivity contribution in [2.24, 2.45) is 5.73 Å². The predicted octanol–water partition coefficient (Wildman–Crippen LogP) is 2.50. The van der Waals surface area contributed by atoms with Crippen LogP contribution in [-0.2, 0) is 6.42 Å². The van der Waals surface area contributed by atoms with Crippen LogP contribution in [0.1, 0.15) is 23.0 Å². The molecule has 0 saturated carbocycles. The fourth-order valence-electron chi connectivity index (χ4n) is 3.04. The molecule has 1 atom stereocenters. The molecule has 5 nitrogen and oxygen atoms in total. The van der Waals surface area contributed by atoms with Gasteiger partial charge in [0.1, 0.15) is 11.4 Å². The van der Waals surface area contributed by atoms with Crippen LogP contribution in [0, 0.1) is 0 Å². The number of imidazole rings is 1. The molecule has 126 valence electrons. The summed E-state index contributed by atoms with van der Waals surface area (Å²) in [6, 6.07) is 14.0. The lowest BCUT2D eigenvalue weighted by molar-refractivity contribution is 0.372. The summed E-state index contributed by atoms with van der Waals surface area (Å²) in [6.07, 6.45) is 2.76. The van der Waals surface area contributed by atoms with Gasteiger partial charge in [-0.2, -0.15) is 0 Å². The Balaban J connectivity index is 2.02. The first kappa shape index (κ1) is 16.5. The van der Waals surface area contributed by atoms with Crippen LogP contribution in [0.15, 0.2) is 48.7 Å². The van der Waals surface area contributed by atoms with Crippen LogP contribution >= 0.6 is 0 Å². The van der Waals surface area contributed by atoms with E-state index in [0.29, 0.717) is 0 Å². The highest BCUT2D eigenvalue weighted by molar-refractivity contribution is 5.45. The van der Waals surface area contributed by atoms with Crippen molar-refractivity contribution < 1.29 is 4.74 Å². The molecule has 24 heavy (non-hydrogen) atoms. The summed E-state index contributed by atoms with van der Waals surface area (Å²) >= 11 is 0. The predicted molar refractivity (Wildman–Crippen MR) is 96.5 cm³/mol. The lowest BCUT2D eigenvalue weighted by Gasteiger charge is -2.18. The zero-order valence-electron chi connectivity index (χ0n) is 14.4. The molecule has 3 aromatic rings. The molecule has 2 aromatic heterocycles. The molecule has 1 aromatic carbocycles. The number of benzene rings is 1. The Morgan fingerprint density at radius 1 is 1.21 bits per heavy atom. The van der Waals surface area contributed by atoms with Gasteiger partial charge in [-0.3, -0.25) is 0 Å². The molecule has 0 radical (unpaired) electrons. The molecule has 0 aliphatic carbocycles. The van der Waals surface area contributed by atoms with Crippen molar-refractivity contribution in [2.75, 3.05) is 27.7 Å². The minimum atomic E-state index is -0.0991. The average Bonchev–Trinajstić information content (AvgIpc) is 2.92. The summed E-state index contributed by atoms with van der Waals surface area (Å²) in [5.41, 5.74) is 10.7. The summed E-state index contributed by atoms with van der Waals surface area (Å²) < 4.78 is 7.43. The molecule has 2 heterocycles. The zero-order valence-corrected chi connectivity index (χ0v) is 14.4. The van der Waals surface area contributed by atoms with Crippen molar-refractivity contribution in [3.05, 3.63) is 65.6 Å². The van der Waals surface area contributed by atoms with Gasteiger partial charge in [-0.25, -0.2) is 4.98 Å². The lowest BCUT2D eigenvalue weighted by Crippen LogP contribution is -2.27. The van der Waals surface area contributed by atoms with Crippen LogP contribution in [0.25, 0.3) is 5.65 Å². The third-order valence-electron chi connectivity index (χ3n) is 4.06. The second-order valence-electron chi connectivity index (χ2n) is 6.27. The first-order chi connectivity index (χ1) is 11.6. The molecule has 0 saturated heterocycles. The molecule has 0 amide bonds. The van der Waals surface area contributed by atoms with E-state index in [0.717, 1.165) is 41.3 Å². The van der Waals surface area contributed by atoms with Crippen molar-refractivity contribution in [3.63, 3.8) is 0 Å². The number of nitrogens with zero attached hydrogens (tertiary/aromatic N) is 3. The quantitative estimate of drug-likeness (QED) is 0.757. The molecule has 1 unspecified atom stereocenters. The highest BCUT2D eigenvalue weighted by Crippen LogP contribution is 2.23. The van der Waals surface area contributed by atoms with E-state index in [9.17, 15) is 0 Å². The first-order valence-corrected chi connectivity index (χ1v) is 8.07. The van der Waals surface area contributed by atoms with Crippen molar-refractivity contribution in [3.8, 4) is 5.75 Å². The van der Waals surface area contributed by atoms with Crippen LogP contribution in [0.3, 0.4) is 0 Å². The molecule has 0 aliphatic rings. The number of methoxy groups -OCH3 is 1. The van der Waals surface area contributed by atoms with Crippen molar-refractivity contribution >= 4 is 5.65 Å². The maximum Gasteiger partial charge on any atom is 0.137 e. The van der Waals surface area contributed by atoms with Gasteiger partial charge < -0.3 is 19.8 Å². The summed E-state index contributed by atoms with van der Waals surface area (Å²) in [7, 11) is 5.75. The van der Waals surface area contributed by atoms with E-state index >= 15 is 0 Å². The van der Waals surface area contributed by atoms with Gasteiger partial charge in [-0.1, -0.05) is 18.2 Å². The Morgan fingerprint density at radius 2 is 2.04 bits per heavy atom. The molecular weight excluding hydrogens is 300 g/mol. The Bertz CT molecular complexity index is 825. The monoisotopic (exact) mass is 324 g/mol. The number of rotatable bonds is 6. The van der Waals surface area contributed by atoms with Gasteiger partial charge in [0.15, 0.2) is 0 Å². The molecule has 0 aliphatic heterocycles. The van der Waals surface area contributed by atoms with Gasteiger partial charge >= 0.3 is 0 Å². The maximum atomic E-state index is 6.49. The van der Waals surface area contributed by atoms with E-state index < -0.39 is 0 Å². The van der Waals surface area contributed by atoms with E-state index in [1.807, 2.05) is 56.7 Å². The Hall–Kier alpha value is -2.37. The second-order valence-corrected chi connectivity index (χ2v) is 6.27. The third kappa shape index (κ3) is 3.42. The fraction of sp³-hybridized carbons (Fsp3) is 0.316. The molecular formula is C19H24N4O. The van der Waals surface area contributed by atoms with Crippen molar-refractivity contribution in [1.29, 1.82) is 0 Å². The van der Waals surface area contributed by atoms with Gasteiger partial charge in [0.2, 0.25) is 0 Å². The number of hydrogen-bond acceptors (Lipinski definition) is 4. The standard InChI is InChI=1S/C19H24N4O/c1-22(2)13-16(20)19-17(21-18-9-4-5-10-23(18)19)12-14-7-6-8-15(11-14)24-3/h4-11,16H,12-13,20H2,1-3H3. The largest absolute Gasteiger partial charge is 0.497 e. The number of pyridine rings is 1. The first-order valence-electron chi connectivity index (χ1n) is 8.07. The van der Waals surface area contributed by atoms with E-state index in [1.165, 1.54) is 0 Å². The van der Waals surface area contributed by atoms with E-state index in [-0.39, 0.29) is 6.04 Å². The van der Waals surface area contributed by atoms with Crippen molar-refractivity contribution in [2.45, 2.75) is 12.5 Å². The zero-order chi connectivity index (χ0) is 17.1. The van der Waals surface area contributed by atoms with Gasteiger partial charge in [0, 0.05) is 19.2 Å². The summed E-state index contributed by atoms with van der Waals surface area (Å²) in [4.78, 5) is 6.91. The highest BCUT2D eigenvalue weighted by atomic mass is 16.5. The molecule has 0 fully saturated rings. The number of ether oxygens (including phenoxy) is 1. The topological polar surface area (TPSA) is 55.8 Å². The molecule has 0 bridgehead atoms. The molecule has 2 N–H and O–H groups in total. The molecule has 3 rings (SSSR count). The Labute approximate surface area is 142 Å². The summed E-state index contributed by atoms with van der Waals surface area (Å²) in [5, 5.41) is 0. The van der Waals surface area contributed by atoms with Crippen molar-refractivity contribution in [1.82, 2.24) is 14.3 Å². The van der Waals surface area contributed by atoms with Gasteiger partial charge in [0.25, 0.3) is 0 Å². The normalized spacial score (nSPS) is 12.7. The van der Waals surface area contributed by atoms with Gasteiger partial charge in [-0.15, -0.1) is 0 Å².